The summed E-state index contributed by atoms with van der Waals surface area (Å²) < 4.78 is 67.8. The molecule has 0 aromatic heterocycles. The number of hydrogen-bond donors (Lipinski definition) is 5. The highest BCUT2D eigenvalue weighted by Gasteiger charge is 2.23. The van der Waals surface area contributed by atoms with Crippen LogP contribution in [0.25, 0.3) is 21.5 Å². The Morgan fingerprint density at radius 3 is 1.73 bits per heavy atom. The summed E-state index contributed by atoms with van der Waals surface area (Å²) in [5.41, 5.74) is 4.38. The zero-order chi connectivity index (χ0) is 39.8. The minimum Gasteiger partial charge on any atom is -0.505 e. The van der Waals surface area contributed by atoms with Crippen LogP contribution in [0.3, 0.4) is 0 Å². The topological polar surface area (TPSA) is 336 Å². The number of non-ortho nitro benzene ring substituents is 2. The van der Waals surface area contributed by atoms with Crippen LogP contribution in [0, 0.1) is 20.2 Å². The van der Waals surface area contributed by atoms with Gasteiger partial charge in [0.05, 0.1) is 32.3 Å². The number of benzene rings is 6. The zero-order valence-electron chi connectivity index (χ0n) is 27.2. The molecule has 0 bridgehead atoms. The molecule has 0 aliphatic rings. The first kappa shape index (κ1) is 37.4. The van der Waals surface area contributed by atoms with Crippen LogP contribution in [-0.4, -0.2) is 46.0 Å². The van der Waals surface area contributed by atoms with E-state index in [1.165, 1.54) is 54.6 Å². The second-order valence-electron chi connectivity index (χ2n) is 11.2. The monoisotopic (exact) mass is 787 g/mol. The molecule has 0 spiro atoms. The number of rotatable bonds is 10. The summed E-state index contributed by atoms with van der Waals surface area (Å²) in [6.45, 7) is 0. The first-order valence-electron chi connectivity index (χ1n) is 15.0. The van der Waals surface area contributed by atoms with E-state index in [0.717, 1.165) is 30.3 Å². The number of hydrogen-bond acceptors (Lipinski definition) is 17. The maximum atomic E-state index is 12.3. The molecule has 278 valence electrons. The van der Waals surface area contributed by atoms with Gasteiger partial charge in [0, 0.05) is 29.7 Å². The standard InChI is InChI=1S/C32H21N9O12S2/c33-29-24(10-1-16-2-11-25(32(43)28(16)29)38-36-23-12-8-21(41(46)47)15-26(23)54(48,49)50)37-35-19-5-9-22-17(13-19)14-27(55(51,52)53)30(31(22)42)39-34-18-3-6-20(7-4-18)40(44)45/h1-15,42-43H,33H2,(H,48,49,50)(H,51,52,53). The quantitative estimate of drug-likeness (QED) is 0.0286. The second-order valence-corrected chi connectivity index (χ2v) is 14.0. The van der Waals surface area contributed by atoms with Crippen LogP contribution in [0.1, 0.15) is 0 Å². The molecule has 0 unspecified atom stereocenters. The first-order valence-corrected chi connectivity index (χ1v) is 17.9. The lowest BCUT2D eigenvalue weighted by atomic mass is 10.1. The molecule has 21 nitrogen and oxygen atoms in total. The van der Waals surface area contributed by atoms with Gasteiger partial charge in [0.25, 0.3) is 31.6 Å². The predicted molar refractivity (Wildman–Crippen MR) is 194 cm³/mol. The van der Waals surface area contributed by atoms with Gasteiger partial charge in [0.1, 0.15) is 32.5 Å². The molecule has 0 aliphatic carbocycles. The molecule has 0 saturated carbocycles. The van der Waals surface area contributed by atoms with Crippen molar-refractivity contribution in [2.45, 2.75) is 9.79 Å². The van der Waals surface area contributed by atoms with Gasteiger partial charge in [-0.15, -0.1) is 20.5 Å². The number of nitrogen functional groups attached to an aromatic ring is 1. The molecule has 6 N–H and O–H groups in total. The van der Waals surface area contributed by atoms with Gasteiger partial charge in [-0.1, -0.05) is 12.1 Å². The zero-order valence-corrected chi connectivity index (χ0v) is 28.8. The lowest BCUT2D eigenvalue weighted by molar-refractivity contribution is -0.385. The molecule has 0 saturated heterocycles. The third-order valence-electron chi connectivity index (χ3n) is 7.76. The fraction of sp³-hybridized carbons (Fsp3) is 0. The molecule has 6 aromatic rings. The number of nitrogens with two attached hydrogens (primary N) is 1. The maximum Gasteiger partial charge on any atom is 0.297 e. The lowest BCUT2D eigenvalue weighted by Crippen LogP contribution is -2.00. The maximum absolute atomic E-state index is 12.3. The first-order chi connectivity index (χ1) is 25.9. The normalized spacial score (nSPS) is 12.4. The number of fused-ring (bicyclic) bond motifs is 2. The Hall–Kier alpha value is -7.34. The van der Waals surface area contributed by atoms with Crippen LogP contribution < -0.4 is 5.73 Å². The summed E-state index contributed by atoms with van der Waals surface area (Å²) in [5, 5.41) is 68.1. The number of nitrogens with zero attached hydrogens (tertiary/aromatic N) is 8. The van der Waals surface area contributed by atoms with E-state index in [1.54, 1.807) is 0 Å². The van der Waals surface area contributed by atoms with E-state index >= 15 is 0 Å². The van der Waals surface area contributed by atoms with Crippen molar-refractivity contribution in [3.8, 4) is 11.5 Å². The predicted octanol–water partition coefficient (Wildman–Crippen LogP) is 8.54. The Morgan fingerprint density at radius 1 is 0.545 bits per heavy atom. The van der Waals surface area contributed by atoms with Crippen LogP contribution in [0.5, 0.6) is 11.5 Å². The number of nitro benzene ring substituents is 2. The highest BCUT2D eigenvalue weighted by atomic mass is 32.2. The van der Waals surface area contributed by atoms with Gasteiger partial charge in [0.15, 0.2) is 11.5 Å². The molecule has 0 amide bonds. The van der Waals surface area contributed by atoms with Gasteiger partial charge in [0.2, 0.25) is 0 Å². The van der Waals surface area contributed by atoms with Crippen LogP contribution >= 0.6 is 0 Å². The van der Waals surface area contributed by atoms with E-state index in [-0.39, 0.29) is 50.3 Å². The van der Waals surface area contributed by atoms with E-state index in [1.807, 2.05) is 0 Å². The Bertz CT molecular complexity index is 2920. The van der Waals surface area contributed by atoms with Gasteiger partial charge in [-0.3, -0.25) is 29.3 Å². The average molecular weight is 788 g/mol. The van der Waals surface area contributed by atoms with E-state index in [9.17, 15) is 56.4 Å². The SMILES string of the molecule is Nc1c(N=Nc2ccc3c(O)c(N=Nc4ccc([N+](=O)[O-])cc4)c(S(=O)(=O)O)cc3c2)ccc2ccc(N=Nc3ccc([N+](=O)[O-])cc3S(=O)(=O)O)c(O)c12. The molecule has 0 heterocycles. The third kappa shape index (κ3) is 7.74. The van der Waals surface area contributed by atoms with Crippen LogP contribution in [-0.2, 0) is 20.2 Å². The van der Waals surface area contributed by atoms with Crippen molar-refractivity contribution in [3.63, 3.8) is 0 Å². The number of azo groups is 3. The summed E-state index contributed by atoms with van der Waals surface area (Å²) in [4.78, 5) is 18.8. The number of phenolic OH excluding ortho intramolecular Hbond substituents is 2. The van der Waals surface area contributed by atoms with Crippen LogP contribution in [0.4, 0.5) is 51.2 Å². The summed E-state index contributed by atoms with van der Waals surface area (Å²) in [7, 11) is -9.94. The molecule has 6 rings (SSSR count). The summed E-state index contributed by atoms with van der Waals surface area (Å²) in [6, 6.07) is 18.2. The number of nitro groups is 2. The number of phenols is 2. The summed E-state index contributed by atoms with van der Waals surface area (Å²) >= 11 is 0. The lowest BCUT2D eigenvalue weighted by Gasteiger charge is -2.10. The van der Waals surface area contributed by atoms with Crippen LogP contribution in [0.2, 0.25) is 0 Å². The van der Waals surface area contributed by atoms with E-state index in [2.05, 4.69) is 30.7 Å². The minimum absolute atomic E-state index is 0.0447. The Balaban J connectivity index is 1.33. The third-order valence-corrected chi connectivity index (χ3v) is 9.51. The second kappa shape index (κ2) is 14.2. The van der Waals surface area contributed by atoms with E-state index in [4.69, 9.17) is 5.73 Å². The molecular formula is C32H21N9O12S2. The van der Waals surface area contributed by atoms with Gasteiger partial charge in [-0.05, 0) is 65.4 Å². The molecule has 0 atom stereocenters. The highest BCUT2D eigenvalue weighted by Crippen LogP contribution is 2.45. The van der Waals surface area contributed by atoms with Crippen LogP contribution in [0.15, 0.2) is 131 Å². The van der Waals surface area contributed by atoms with E-state index in [0.29, 0.717) is 11.5 Å². The minimum atomic E-state index is -4.98. The molecule has 6 aromatic carbocycles. The fourth-order valence-corrected chi connectivity index (χ4v) is 6.44. The van der Waals surface area contributed by atoms with E-state index < -0.39 is 68.4 Å². The van der Waals surface area contributed by atoms with Crippen molar-refractivity contribution in [3.05, 3.63) is 111 Å². The average Bonchev–Trinajstić information content (AvgIpc) is 3.13. The highest BCUT2D eigenvalue weighted by molar-refractivity contribution is 7.86. The van der Waals surface area contributed by atoms with Crippen molar-refractivity contribution in [1.29, 1.82) is 0 Å². The van der Waals surface area contributed by atoms with Gasteiger partial charge in [-0.25, -0.2) is 0 Å². The van der Waals surface area contributed by atoms with Crippen molar-refractivity contribution >= 4 is 93.0 Å². The van der Waals surface area contributed by atoms with Gasteiger partial charge < -0.3 is 15.9 Å². The Kier molecular flexibility index (Phi) is 9.69. The molecule has 0 radical (unpaired) electrons. The molecule has 0 aliphatic heterocycles. The summed E-state index contributed by atoms with van der Waals surface area (Å²) in [6.07, 6.45) is 0. The Labute approximate surface area is 307 Å². The Morgan fingerprint density at radius 2 is 1.09 bits per heavy atom. The van der Waals surface area contributed by atoms with Crippen molar-refractivity contribution in [1.82, 2.24) is 0 Å². The fourth-order valence-electron chi connectivity index (χ4n) is 5.14. The molecular weight excluding hydrogens is 767 g/mol. The molecule has 55 heavy (non-hydrogen) atoms. The summed E-state index contributed by atoms with van der Waals surface area (Å²) in [5.74, 6) is -1.17. The number of aromatic hydroxyl groups is 2. The van der Waals surface area contributed by atoms with Crippen molar-refractivity contribution < 1.29 is 46.0 Å². The smallest absolute Gasteiger partial charge is 0.297 e. The van der Waals surface area contributed by atoms with Crippen molar-refractivity contribution in [2.75, 3.05) is 5.73 Å². The number of anilines is 1. The van der Waals surface area contributed by atoms with Gasteiger partial charge in [-0.2, -0.15) is 27.1 Å². The molecule has 0 fully saturated rings. The van der Waals surface area contributed by atoms with Crippen molar-refractivity contribution in [2.24, 2.45) is 30.7 Å². The largest absolute Gasteiger partial charge is 0.505 e. The molecule has 23 heteroatoms. The van der Waals surface area contributed by atoms with Gasteiger partial charge >= 0.3 is 0 Å².